The molecule has 8 nitrogen and oxygen atoms in total. The quantitative estimate of drug-likeness (QED) is 0.242. The summed E-state index contributed by atoms with van der Waals surface area (Å²) in [6, 6.07) is 13.3. The third-order valence-electron chi connectivity index (χ3n) is 7.72. The molecule has 0 bridgehead atoms. The number of methoxy groups -OCH3 is 1. The van der Waals surface area contributed by atoms with Crippen molar-refractivity contribution >= 4 is 28.2 Å². The van der Waals surface area contributed by atoms with Crippen molar-refractivity contribution < 1.29 is 37.7 Å². The fourth-order valence-corrected chi connectivity index (χ4v) is 6.17. The summed E-state index contributed by atoms with van der Waals surface area (Å²) >= 11 is 1.48. The van der Waals surface area contributed by atoms with Gasteiger partial charge in [-0.15, -0.1) is 0 Å². The lowest BCUT2D eigenvalue weighted by molar-refractivity contribution is -0.272. The van der Waals surface area contributed by atoms with Gasteiger partial charge in [-0.3, -0.25) is 9.69 Å². The average Bonchev–Trinajstić information content (AvgIpc) is 3.62. The molecule has 12 heteroatoms. The highest BCUT2D eigenvalue weighted by molar-refractivity contribution is 7.07. The molecule has 2 N–H and O–H groups in total. The molecule has 0 aliphatic carbocycles. The molecule has 1 aliphatic heterocycles. The number of ether oxygens (including phenoxy) is 2. The van der Waals surface area contributed by atoms with Crippen molar-refractivity contribution in [3.05, 3.63) is 81.7 Å². The van der Waals surface area contributed by atoms with Crippen LogP contribution in [0.2, 0.25) is 0 Å². The number of hydrogen-bond acceptors (Lipinski definition) is 7. The minimum atomic E-state index is -4.97. The Morgan fingerprint density at radius 3 is 2.51 bits per heavy atom. The Labute approximate surface area is 250 Å². The number of thiophene rings is 1. The monoisotopic (exact) mass is 613 g/mol. The van der Waals surface area contributed by atoms with Gasteiger partial charge in [0.25, 0.3) is 0 Å². The summed E-state index contributed by atoms with van der Waals surface area (Å²) in [5.74, 6) is -0.163. The maximum absolute atomic E-state index is 14.8. The Kier molecular flexibility index (Phi) is 8.69. The molecular weight excluding hydrogens is 583 g/mol. The zero-order valence-corrected chi connectivity index (χ0v) is 24.1. The van der Waals surface area contributed by atoms with Gasteiger partial charge in [0.15, 0.2) is 11.5 Å². The number of nitrogens with zero attached hydrogens (tertiary/aromatic N) is 3. The highest BCUT2D eigenvalue weighted by atomic mass is 32.1. The molecule has 1 atom stereocenters. The minimum Gasteiger partial charge on any atom is -0.493 e. The van der Waals surface area contributed by atoms with Crippen LogP contribution in [0.15, 0.2) is 59.4 Å². The smallest absolute Gasteiger partial charge is 0.422 e. The number of benzene rings is 2. The number of aliphatic carboxylic acids is 1. The molecule has 0 radical (unpaired) electrons. The average molecular weight is 614 g/mol. The molecule has 0 saturated carbocycles. The maximum Gasteiger partial charge on any atom is 0.422 e. The number of piperidine rings is 1. The molecule has 1 fully saturated rings. The van der Waals surface area contributed by atoms with E-state index >= 15 is 0 Å². The number of carboxylic acids is 1. The molecular formula is C31H30F3N3O5S. The number of likely N-dealkylation sites (tertiary alicyclic amines) is 1. The molecule has 3 heterocycles. The summed E-state index contributed by atoms with van der Waals surface area (Å²) in [5.41, 5.74) is -1.19. The predicted molar refractivity (Wildman–Crippen MR) is 154 cm³/mol. The Morgan fingerprint density at radius 1 is 1.12 bits per heavy atom. The van der Waals surface area contributed by atoms with E-state index in [0.717, 1.165) is 5.56 Å². The number of aromatic nitrogens is 1. The summed E-state index contributed by atoms with van der Waals surface area (Å²) in [6.07, 6.45) is -3.25. The van der Waals surface area contributed by atoms with Gasteiger partial charge in [0.05, 0.1) is 30.7 Å². The Hall–Kier alpha value is -4.05. The van der Waals surface area contributed by atoms with Gasteiger partial charge < -0.3 is 24.3 Å². The molecule has 43 heavy (non-hydrogen) atoms. The summed E-state index contributed by atoms with van der Waals surface area (Å²) in [6.45, 7) is 0.156. The molecule has 226 valence electrons. The number of fused-ring (bicyclic) bond motifs is 1. The third kappa shape index (κ3) is 6.49. The van der Waals surface area contributed by atoms with E-state index in [0.29, 0.717) is 47.5 Å². The SMILES string of the molecule is COc1cc(CC(=O)O)ccc1OC1CCN(CC(O)(c2cn(Cc3ccsc3)c3cc(C#N)ccc23)C(F)(F)F)CC1. The Morgan fingerprint density at radius 2 is 1.88 bits per heavy atom. The normalized spacial score (nSPS) is 16.1. The molecule has 4 aromatic rings. The predicted octanol–water partition coefficient (Wildman–Crippen LogP) is 5.55. The van der Waals surface area contributed by atoms with E-state index in [1.807, 2.05) is 22.9 Å². The zero-order chi connectivity index (χ0) is 30.8. The highest BCUT2D eigenvalue weighted by Gasteiger charge is 2.57. The number of nitriles is 1. The van der Waals surface area contributed by atoms with E-state index in [-0.39, 0.29) is 36.6 Å². The standard InChI is InChI=1S/C31H30F3N3O5S/c1-41-28-13-20(14-29(38)39)3-5-27(28)42-23-6-9-36(10-7-23)19-30(40,31(32,33)34)25-17-37(16-22-8-11-43-18-22)26-12-21(15-35)2-4-24(25)26/h2-5,8,11-13,17-18,23,40H,6-7,9-10,14,16,19H2,1H3,(H,38,39). The van der Waals surface area contributed by atoms with E-state index in [9.17, 15) is 28.3 Å². The van der Waals surface area contributed by atoms with E-state index in [1.165, 1.54) is 36.8 Å². The topological polar surface area (TPSA) is 108 Å². The molecule has 2 aromatic carbocycles. The van der Waals surface area contributed by atoms with Crippen LogP contribution in [0.5, 0.6) is 11.5 Å². The molecule has 1 saturated heterocycles. The van der Waals surface area contributed by atoms with E-state index in [1.54, 1.807) is 33.7 Å². The molecule has 0 spiro atoms. The first kappa shape index (κ1) is 30.4. The van der Waals surface area contributed by atoms with E-state index in [4.69, 9.17) is 14.6 Å². The van der Waals surface area contributed by atoms with Crippen LogP contribution in [-0.4, -0.2) is 64.7 Å². The van der Waals surface area contributed by atoms with Crippen molar-refractivity contribution in [2.24, 2.45) is 0 Å². The zero-order valence-electron chi connectivity index (χ0n) is 23.3. The van der Waals surface area contributed by atoms with Gasteiger partial charge in [0.1, 0.15) is 6.10 Å². The van der Waals surface area contributed by atoms with Crippen molar-refractivity contribution in [3.8, 4) is 17.6 Å². The van der Waals surface area contributed by atoms with Gasteiger partial charge in [-0.2, -0.15) is 29.8 Å². The summed E-state index contributed by atoms with van der Waals surface area (Å²) in [4.78, 5) is 12.6. The lowest BCUT2D eigenvalue weighted by Gasteiger charge is -2.39. The number of rotatable bonds is 10. The first-order valence-electron chi connectivity index (χ1n) is 13.6. The number of carbonyl (C=O) groups is 1. The molecule has 1 unspecified atom stereocenters. The first-order chi connectivity index (χ1) is 20.5. The number of alkyl halides is 3. The van der Waals surface area contributed by atoms with E-state index < -0.39 is 24.3 Å². The van der Waals surface area contributed by atoms with Crippen LogP contribution in [0.1, 0.15) is 35.1 Å². The number of halogens is 3. The number of β-amino-alcohol motifs (C(OH)–C–C–N with tert-alkyl or cyclic N) is 1. The van der Waals surface area contributed by atoms with Gasteiger partial charge in [0.2, 0.25) is 5.60 Å². The molecule has 0 amide bonds. The Bertz CT molecular complexity index is 1640. The minimum absolute atomic E-state index is 0.163. The summed E-state index contributed by atoms with van der Waals surface area (Å²) in [7, 11) is 1.45. The molecule has 5 rings (SSSR count). The second kappa shape index (κ2) is 12.3. The van der Waals surface area contributed by atoms with Crippen molar-refractivity contribution in [1.82, 2.24) is 9.47 Å². The number of hydrogen-bond donors (Lipinski definition) is 2. The largest absolute Gasteiger partial charge is 0.493 e. The lowest BCUT2D eigenvalue weighted by Crippen LogP contribution is -2.53. The van der Waals surface area contributed by atoms with Crippen LogP contribution in [-0.2, 0) is 23.4 Å². The van der Waals surface area contributed by atoms with Gasteiger partial charge in [-0.1, -0.05) is 12.1 Å². The van der Waals surface area contributed by atoms with Crippen molar-refractivity contribution in [2.45, 2.75) is 43.7 Å². The van der Waals surface area contributed by atoms with Gasteiger partial charge in [-0.25, -0.2) is 0 Å². The fourth-order valence-electron chi connectivity index (χ4n) is 5.51. The third-order valence-corrected chi connectivity index (χ3v) is 8.46. The van der Waals surface area contributed by atoms with Gasteiger partial charge in [-0.05, 0) is 65.1 Å². The van der Waals surface area contributed by atoms with Crippen LogP contribution in [0.3, 0.4) is 0 Å². The highest BCUT2D eigenvalue weighted by Crippen LogP contribution is 2.44. The van der Waals surface area contributed by atoms with Crippen LogP contribution in [0, 0.1) is 11.3 Å². The maximum atomic E-state index is 14.8. The van der Waals surface area contributed by atoms with Crippen LogP contribution in [0.25, 0.3) is 10.9 Å². The second-order valence-corrected chi connectivity index (χ2v) is 11.4. The van der Waals surface area contributed by atoms with Crippen LogP contribution < -0.4 is 9.47 Å². The fraction of sp³-hybridized carbons (Fsp3) is 0.355. The molecule has 2 aromatic heterocycles. The Balaban J connectivity index is 1.36. The lowest BCUT2D eigenvalue weighted by atomic mass is 9.90. The van der Waals surface area contributed by atoms with Crippen LogP contribution >= 0.6 is 11.3 Å². The first-order valence-corrected chi connectivity index (χ1v) is 14.6. The van der Waals surface area contributed by atoms with Crippen molar-refractivity contribution in [1.29, 1.82) is 5.26 Å². The van der Waals surface area contributed by atoms with E-state index in [2.05, 4.69) is 0 Å². The van der Waals surface area contributed by atoms with Gasteiger partial charge in [0, 0.05) is 43.3 Å². The van der Waals surface area contributed by atoms with Crippen molar-refractivity contribution in [3.63, 3.8) is 0 Å². The number of carboxylic acid groups (broad SMARTS) is 1. The van der Waals surface area contributed by atoms with Crippen molar-refractivity contribution in [2.75, 3.05) is 26.7 Å². The van der Waals surface area contributed by atoms with Gasteiger partial charge >= 0.3 is 12.1 Å². The summed E-state index contributed by atoms with van der Waals surface area (Å²) in [5, 5.41) is 33.9. The molecule has 1 aliphatic rings. The number of aliphatic hydroxyl groups is 1. The van der Waals surface area contributed by atoms with Crippen LogP contribution in [0.4, 0.5) is 13.2 Å². The second-order valence-electron chi connectivity index (χ2n) is 10.7. The summed E-state index contributed by atoms with van der Waals surface area (Å²) < 4.78 is 57.4.